The molecule has 10 nitrogen and oxygen atoms in total. The van der Waals surface area contributed by atoms with Crippen molar-refractivity contribution in [2.45, 2.75) is 20.3 Å². The van der Waals surface area contributed by atoms with Crippen LogP contribution in [-0.4, -0.2) is 79.4 Å². The van der Waals surface area contributed by atoms with E-state index in [2.05, 4.69) is 20.7 Å². The van der Waals surface area contributed by atoms with Crippen LogP contribution in [0.25, 0.3) is 0 Å². The standard InChI is InChI=1S/C22H31N5O5/c1-3-31-19-8-5-4-7-18(19)23-22(29)27(10-6-9-26-11-13-30-14-12-26)16-21(28)24-20-15-17(2)32-25-20/h4-5,7-8,15H,3,6,9-14,16H2,1-2H3,(H,23,29)(H,24,25,28). The number of rotatable bonds is 10. The van der Waals surface area contributed by atoms with Crippen molar-refractivity contribution in [1.82, 2.24) is 15.0 Å². The van der Waals surface area contributed by atoms with Gasteiger partial charge in [-0.15, -0.1) is 0 Å². The molecule has 3 amide bonds. The van der Waals surface area contributed by atoms with Gasteiger partial charge >= 0.3 is 6.03 Å². The highest BCUT2D eigenvalue weighted by Gasteiger charge is 2.20. The van der Waals surface area contributed by atoms with Gasteiger partial charge in [-0.3, -0.25) is 9.69 Å². The summed E-state index contributed by atoms with van der Waals surface area (Å²) < 4.78 is 15.9. The molecule has 1 aromatic heterocycles. The lowest BCUT2D eigenvalue weighted by atomic mass is 10.3. The highest BCUT2D eigenvalue weighted by Crippen LogP contribution is 2.24. The zero-order valence-corrected chi connectivity index (χ0v) is 18.6. The van der Waals surface area contributed by atoms with Crippen LogP contribution >= 0.6 is 0 Å². The molecule has 0 aliphatic carbocycles. The van der Waals surface area contributed by atoms with Gasteiger partial charge < -0.3 is 29.5 Å². The van der Waals surface area contributed by atoms with Crippen molar-refractivity contribution < 1.29 is 23.6 Å². The van der Waals surface area contributed by atoms with Crippen molar-refractivity contribution in [1.29, 1.82) is 0 Å². The first kappa shape index (κ1) is 23.6. The number of urea groups is 1. The Morgan fingerprint density at radius 2 is 2.00 bits per heavy atom. The van der Waals surface area contributed by atoms with E-state index in [1.165, 1.54) is 4.90 Å². The Balaban J connectivity index is 1.62. The fraction of sp³-hybridized carbons (Fsp3) is 0.500. The molecule has 0 bridgehead atoms. The molecule has 1 fully saturated rings. The number of aryl methyl sites for hydroxylation is 1. The second kappa shape index (κ2) is 12.1. The number of benzene rings is 1. The van der Waals surface area contributed by atoms with E-state index < -0.39 is 0 Å². The van der Waals surface area contributed by atoms with Crippen LogP contribution < -0.4 is 15.4 Å². The van der Waals surface area contributed by atoms with Crippen LogP contribution in [0.5, 0.6) is 5.75 Å². The van der Waals surface area contributed by atoms with Crippen molar-refractivity contribution in [3.8, 4) is 5.75 Å². The van der Waals surface area contributed by atoms with Gasteiger partial charge in [0.15, 0.2) is 5.82 Å². The smallest absolute Gasteiger partial charge is 0.322 e. The molecule has 0 atom stereocenters. The normalized spacial score (nSPS) is 14.1. The van der Waals surface area contributed by atoms with Crippen molar-refractivity contribution in [2.24, 2.45) is 0 Å². The van der Waals surface area contributed by atoms with E-state index in [1.807, 2.05) is 19.1 Å². The van der Waals surface area contributed by atoms with E-state index in [9.17, 15) is 9.59 Å². The molecule has 0 radical (unpaired) electrons. The van der Waals surface area contributed by atoms with Gasteiger partial charge in [-0.1, -0.05) is 17.3 Å². The molecule has 0 spiro atoms. The van der Waals surface area contributed by atoms with Crippen molar-refractivity contribution in [2.75, 3.05) is 63.2 Å². The largest absolute Gasteiger partial charge is 0.492 e. The van der Waals surface area contributed by atoms with Gasteiger partial charge in [-0.25, -0.2) is 4.79 Å². The van der Waals surface area contributed by atoms with Crippen LogP contribution in [0.1, 0.15) is 19.1 Å². The number of anilines is 2. The molecule has 1 saturated heterocycles. The number of ether oxygens (including phenoxy) is 2. The number of nitrogens with one attached hydrogen (secondary N) is 2. The van der Waals surface area contributed by atoms with Crippen molar-refractivity contribution in [3.05, 3.63) is 36.1 Å². The SMILES string of the molecule is CCOc1ccccc1NC(=O)N(CCCN1CCOCC1)CC(=O)Nc1cc(C)on1. The zero-order chi connectivity index (χ0) is 22.8. The molecule has 174 valence electrons. The molecule has 2 aromatic rings. The summed E-state index contributed by atoms with van der Waals surface area (Å²) in [5, 5.41) is 9.31. The number of amides is 3. The molecule has 10 heteroatoms. The summed E-state index contributed by atoms with van der Waals surface area (Å²) in [6.07, 6.45) is 0.733. The second-order valence-electron chi connectivity index (χ2n) is 7.46. The summed E-state index contributed by atoms with van der Waals surface area (Å²) in [7, 11) is 0. The van der Waals surface area contributed by atoms with Gasteiger partial charge in [0, 0.05) is 32.2 Å². The molecule has 2 heterocycles. The first-order valence-corrected chi connectivity index (χ1v) is 10.9. The number of aromatic nitrogens is 1. The Hall–Kier alpha value is -3.11. The lowest BCUT2D eigenvalue weighted by Crippen LogP contribution is -2.43. The number of para-hydroxylation sites is 2. The van der Waals surface area contributed by atoms with Crippen LogP contribution in [0, 0.1) is 6.92 Å². The Labute approximate surface area is 187 Å². The molecular weight excluding hydrogens is 414 g/mol. The van der Waals surface area contributed by atoms with Crippen LogP contribution in [-0.2, 0) is 9.53 Å². The molecule has 1 aromatic carbocycles. The summed E-state index contributed by atoms with van der Waals surface area (Å²) in [6.45, 7) is 8.43. The van der Waals surface area contributed by atoms with Crippen LogP contribution in [0.15, 0.2) is 34.9 Å². The van der Waals surface area contributed by atoms with E-state index in [1.54, 1.807) is 25.1 Å². The van der Waals surface area contributed by atoms with E-state index in [-0.39, 0.29) is 18.5 Å². The third-order valence-corrected chi connectivity index (χ3v) is 4.95. The Kier molecular flexibility index (Phi) is 8.88. The van der Waals surface area contributed by atoms with Crippen LogP contribution in [0.3, 0.4) is 0 Å². The quantitative estimate of drug-likeness (QED) is 0.578. The molecule has 3 rings (SSSR count). The molecule has 1 aliphatic heterocycles. The Morgan fingerprint density at radius 1 is 1.22 bits per heavy atom. The van der Waals surface area contributed by atoms with Gasteiger partial charge in [-0.05, 0) is 32.4 Å². The number of hydrogen-bond donors (Lipinski definition) is 2. The average molecular weight is 446 g/mol. The summed E-state index contributed by atoms with van der Waals surface area (Å²) >= 11 is 0. The maximum Gasteiger partial charge on any atom is 0.322 e. The first-order chi connectivity index (χ1) is 15.5. The first-order valence-electron chi connectivity index (χ1n) is 10.9. The van der Waals surface area contributed by atoms with Gasteiger partial charge in [0.05, 0.1) is 25.5 Å². The Bertz CT molecular complexity index is 881. The van der Waals surface area contributed by atoms with E-state index in [0.717, 1.165) is 39.3 Å². The minimum atomic E-state index is -0.370. The number of carbonyl (C=O) groups excluding carboxylic acids is 2. The fourth-order valence-electron chi connectivity index (χ4n) is 3.39. The summed E-state index contributed by atoms with van der Waals surface area (Å²) in [6, 6.07) is 8.48. The van der Waals surface area contributed by atoms with Gasteiger partial charge in [-0.2, -0.15) is 0 Å². The third-order valence-electron chi connectivity index (χ3n) is 4.95. The van der Waals surface area contributed by atoms with E-state index >= 15 is 0 Å². The highest BCUT2D eigenvalue weighted by molar-refractivity contribution is 5.97. The Morgan fingerprint density at radius 3 is 2.72 bits per heavy atom. The van der Waals surface area contributed by atoms with Gasteiger partial charge in [0.1, 0.15) is 18.1 Å². The average Bonchev–Trinajstić information content (AvgIpc) is 3.19. The maximum absolute atomic E-state index is 13.1. The van der Waals surface area contributed by atoms with Crippen LogP contribution in [0.4, 0.5) is 16.3 Å². The highest BCUT2D eigenvalue weighted by atomic mass is 16.5. The maximum atomic E-state index is 13.1. The molecule has 1 aliphatic rings. The lowest BCUT2D eigenvalue weighted by Gasteiger charge is -2.28. The van der Waals surface area contributed by atoms with Crippen molar-refractivity contribution in [3.63, 3.8) is 0 Å². The predicted molar refractivity (Wildman–Crippen MR) is 120 cm³/mol. The monoisotopic (exact) mass is 445 g/mol. The summed E-state index contributed by atoms with van der Waals surface area (Å²) in [5.41, 5.74) is 0.560. The summed E-state index contributed by atoms with van der Waals surface area (Å²) in [5.74, 6) is 1.15. The van der Waals surface area contributed by atoms with Crippen LogP contribution in [0.2, 0.25) is 0 Å². The number of nitrogens with zero attached hydrogens (tertiary/aromatic N) is 3. The molecular formula is C22H31N5O5. The minimum Gasteiger partial charge on any atom is -0.492 e. The molecule has 0 saturated carbocycles. The topological polar surface area (TPSA) is 109 Å². The fourth-order valence-corrected chi connectivity index (χ4v) is 3.39. The lowest BCUT2D eigenvalue weighted by molar-refractivity contribution is -0.116. The van der Waals surface area contributed by atoms with E-state index in [4.69, 9.17) is 14.0 Å². The van der Waals surface area contributed by atoms with Crippen molar-refractivity contribution >= 4 is 23.4 Å². The second-order valence-corrected chi connectivity index (χ2v) is 7.46. The number of morpholine rings is 1. The zero-order valence-electron chi connectivity index (χ0n) is 18.6. The minimum absolute atomic E-state index is 0.113. The third kappa shape index (κ3) is 7.24. The van der Waals surface area contributed by atoms with Gasteiger partial charge in [0.25, 0.3) is 0 Å². The predicted octanol–water partition coefficient (Wildman–Crippen LogP) is 2.58. The van der Waals surface area contributed by atoms with Gasteiger partial charge in [0.2, 0.25) is 5.91 Å². The number of carbonyl (C=O) groups is 2. The molecule has 2 N–H and O–H groups in total. The molecule has 0 unspecified atom stereocenters. The number of hydrogen-bond acceptors (Lipinski definition) is 7. The van der Waals surface area contributed by atoms with E-state index in [0.29, 0.717) is 36.2 Å². The summed E-state index contributed by atoms with van der Waals surface area (Å²) in [4.78, 5) is 29.4. The molecule has 32 heavy (non-hydrogen) atoms.